The van der Waals surface area contributed by atoms with Crippen LogP contribution in [0, 0.1) is 0 Å². The highest BCUT2D eigenvalue weighted by Crippen LogP contribution is 2.33. The van der Waals surface area contributed by atoms with Crippen LogP contribution in [0.2, 0.25) is 0 Å². The van der Waals surface area contributed by atoms with Crippen molar-refractivity contribution in [1.82, 2.24) is 4.90 Å². The monoisotopic (exact) mass is 345 g/mol. The van der Waals surface area contributed by atoms with Gasteiger partial charge in [-0.25, -0.2) is 0 Å². The fraction of sp³-hybridized carbons (Fsp3) is 0.333. The van der Waals surface area contributed by atoms with Crippen LogP contribution in [0.1, 0.15) is 17.9 Å². The number of benzene rings is 2. The summed E-state index contributed by atoms with van der Waals surface area (Å²) in [6, 6.07) is 18.8. The van der Waals surface area contributed by atoms with E-state index >= 15 is 0 Å². The van der Waals surface area contributed by atoms with E-state index in [4.69, 9.17) is 4.74 Å². The Morgan fingerprint density at radius 2 is 1.76 bits per heavy atom. The van der Waals surface area contributed by atoms with Gasteiger partial charge in [-0.2, -0.15) is 0 Å². The van der Waals surface area contributed by atoms with Crippen molar-refractivity contribution in [2.45, 2.75) is 18.4 Å². The number of hydrogen-bond donors (Lipinski definition) is 0. The molecule has 3 heteroatoms. The molecule has 1 aliphatic rings. The average Bonchev–Trinajstić information content (AvgIpc) is 2.52. The largest absolute Gasteiger partial charge is 0.489 e. The number of ether oxygens (including phenoxy) is 1. The Balaban J connectivity index is 1.83. The Labute approximate surface area is 134 Å². The molecule has 1 aliphatic heterocycles. The number of hydrogen-bond acceptors (Lipinski definition) is 2. The molecule has 21 heavy (non-hydrogen) atoms. The maximum absolute atomic E-state index is 6.33. The zero-order chi connectivity index (χ0) is 14.7. The van der Waals surface area contributed by atoms with E-state index in [0.717, 1.165) is 29.7 Å². The quantitative estimate of drug-likeness (QED) is 0.821. The summed E-state index contributed by atoms with van der Waals surface area (Å²) < 4.78 is 7.35. The van der Waals surface area contributed by atoms with Gasteiger partial charge in [0.15, 0.2) is 0 Å². The molecular weight excluding hydrogens is 326 g/mol. The maximum Gasteiger partial charge on any atom is 0.133 e. The Hall–Kier alpha value is -1.32. The van der Waals surface area contributed by atoms with Crippen molar-refractivity contribution in [3.05, 3.63) is 64.6 Å². The molecule has 0 amide bonds. The Morgan fingerprint density at radius 1 is 1.05 bits per heavy atom. The first kappa shape index (κ1) is 14.6. The number of likely N-dealkylation sites (N-methyl/N-ethyl adjacent to an activating group) is 1. The molecule has 0 aromatic heterocycles. The molecule has 0 radical (unpaired) electrons. The summed E-state index contributed by atoms with van der Waals surface area (Å²) in [7, 11) is 2.19. The van der Waals surface area contributed by atoms with Crippen LogP contribution in [0.5, 0.6) is 5.75 Å². The molecule has 2 aromatic rings. The highest BCUT2D eigenvalue weighted by molar-refractivity contribution is 9.10. The van der Waals surface area contributed by atoms with Crippen LogP contribution in [-0.2, 0) is 0 Å². The molecule has 0 aliphatic carbocycles. The molecule has 0 saturated carbocycles. The molecule has 0 N–H and O–H groups in total. The third-order valence-corrected chi connectivity index (χ3v) is 4.75. The second-order valence-electron chi connectivity index (χ2n) is 5.65. The Kier molecular flexibility index (Phi) is 4.61. The fourth-order valence-corrected chi connectivity index (χ4v) is 3.34. The molecule has 0 bridgehead atoms. The molecule has 1 heterocycles. The molecule has 2 unspecified atom stereocenters. The number of rotatable bonds is 3. The fourth-order valence-electron chi connectivity index (χ4n) is 2.96. The first-order valence-electron chi connectivity index (χ1n) is 7.39. The average molecular weight is 346 g/mol. The van der Waals surface area contributed by atoms with Crippen molar-refractivity contribution in [2.24, 2.45) is 0 Å². The van der Waals surface area contributed by atoms with Gasteiger partial charge in [0.2, 0.25) is 0 Å². The summed E-state index contributed by atoms with van der Waals surface area (Å²) in [5.74, 6) is 1.35. The van der Waals surface area contributed by atoms with E-state index < -0.39 is 0 Å². The lowest BCUT2D eigenvalue weighted by atomic mass is 9.88. The van der Waals surface area contributed by atoms with Crippen molar-refractivity contribution in [1.29, 1.82) is 0 Å². The number of likely N-dealkylation sites (tertiary alicyclic amines) is 1. The van der Waals surface area contributed by atoms with Crippen LogP contribution in [0.15, 0.2) is 59.1 Å². The highest BCUT2D eigenvalue weighted by Gasteiger charge is 2.30. The SMILES string of the molecule is CN1CCC(Oc2ccccc2Br)C(c2ccccc2)C1. The molecule has 1 fully saturated rings. The minimum Gasteiger partial charge on any atom is -0.489 e. The minimum atomic E-state index is 0.224. The predicted molar refractivity (Wildman–Crippen MR) is 89.9 cm³/mol. The first-order valence-corrected chi connectivity index (χ1v) is 8.18. The van der Waals surface area contributed by atoms with Gasteiger partial charge in [0.1, 0.15) is 11.9 Å². The maximum atomic E-state index is 6.33. The lowest BCUT2D eigenvalue weighted by Gasteiger charge is -2.37. The summed E-state index contributed by atoms with van der Waals surface area (Å²) in [6.45, 7) is 2.12. The van der Waals surface area contributed by atoms with Crippen LogP contribution in [-0.4, -0.2) is 31.1 Å². The molecule has 0 spiro atoms. The van der Waals surface area contributed by atoms with E-state index in [-0.39, 0.29) is 6.10 Å². The van der Waals surface area contributed by atoms with Gasteiger partial charge < -0.3 is 9.64 Å². The summed E-state index contributed by atoms with van der Waals surface area (Å²) in [6.07, 6.45) is 1.28. The van der Waals surface area contributed by atoms with E-state index in [2.05, 4.69) is 58.2 Å². The molecule has 2 nitrogen and oxygen atoms in total. The van der Waals surface area contributed by atoms with Gasteiger partial charge in [-0.3, -0.25) is 0 Å². The second-order valence-corrected chi connectivity index (χ2v) is 6.51. The molecule has 2 aromatic carbocycles. The van der Waals surface area contributed by atoms with Gasteiger partial charge in [0.25, 0.3) is 0 Å². The first-order chi connectivity index (χ1) is 10.2. The van der Waals surface area contributed by atoms with E-state index in [9.17, 15) is 0 Å². The van der Waals surface area contributed by atoms with E-state index in [1.54, 1.807) is 0 Å². The zero-order valence-corrected chi connectivity index (χ0v) is 13.8. The van der Waals surface area contributed by atoms with Crippen molar-refractivity contribution >= 4 is 15.9 Å². The number of nitrogens with zero attached hydrogens (tertiary/aromatic N) is 1. The second kappa shape index (κ2) is 6.63. The normalized spacial score (nSPS) is 23.0. The van der Waals surface area contributed by atoms with E-state index in [1.165, 1.54) is 5.56 Å². The molecule has 110 valence electrons. The predicted octanol–water partition coefficient (Wildman–Crippen LogP) is 4.32. The zero-order valence-electron chi connectivity index (χ0n) is 12.2. The molecule has 3 rings (SSSR count). The lowest BCUT2D eigenvalue weighted by Crippen LogP contribution is -2.42. The van der Waals surface area contributed by atoms with Crippen molar-refractivity contribution < 1.29 is 4.74 Å². The van der Waals surface area contributed by atoms with Crippen LogP contribution in [0.25, 0.3) is 0 Å². The summed E-state index contributed by atoms with van der Waals surface area (Å²) in [4.78, 5) is 2.39. The van der Waals surface area contributed by atoms with Gasteiger partial charge in [-0.1, -0.05) is 42.5 Å². The van der Waals surface area contributed by atoms with Crippen LogP contribution in [0.3, 0.4) is 0 Å². The Morgan fingerprint density at radius 3 is 2.52 bits per heavy atom. The standard InChI is InChI=1S/C18H20BrNO/c1-20-12-11-17(21-18-10-6-5-9-16(18)19)15(13-20)14-7-3-2-4-8-14/h2-10,15,17H,11-13H2,1H3. The summed E-state index contributed by atoms with van der Waals surface area (Å²) in [5, 5.41) is 0. The van der Waals surface area contributed by atoms with Crippen LogP contribution >= 0.6 is 15.9 Å². The number of para-hydroxylation sites is 1. The Bertz CT molecular complexity index is 587. The van der Waals surface area contributed by atoms with Crippen molar-refractivity contribution in [2.75, 3.05) is 20.1 Å². The minimum absolute atomic E-state index is 0.224. The summed E-state index contributed by atoms with van der Waals surface area (Å²) >= 11 is 3.58. The van der Waals surface area contributed by atoms with Gasteiger partial charge >= 0.3 is 0 Å². The van der Waals surface area contributed by atoms with Gasteiger partial charge in [-0.05, 0) is 47.1 Å². The van der Waals surface area contributed by atoms with Gasteiger partial charge in [0.05, 0.1) is 4.47 Å². The van der Waals surface area contributed by atoms with Crippen molar-refractivity contribution in [3.63, 3.8) is 0 Å². The van der Waals surface area contributed by atoms with Crippen molar-refractivity contribution in [3.8, 4) is 5.75 Å². The highest BCUT2D eigenvalue weighted by atomic mass is 79.9. The number of halogens is 1. The van der Waals surface area contributed by atoms with E-state index in [0.29, 0.717) is 5.92 Å². The summed E-state index contributed by atoms with van der Waals surface area (Å²) in [5.41, 5.74) is 1.36. The third-order valence-electron chi connectivity index (χ3n) is 4.10. The number of piperidine rings is 1. The van der Waals surface area contributed by atoms with E-state index in [1.807, 2.05) is 24.3 Å². The molecule has 2 atom stereocenters. The smallest absolute Gasteiger partial charge is 0.133 e. The van der Waals surface area contributed by atoms with Gasteiger partial charge in [-0.15, -0.1) is 0 Å². The van der Waals surface area contributed by atoms with Gasteiger partial charge in [0, 0.05) is 19.0 Å². The third kappa shape index (κ3) is 3.47. The van der Waals surface area contributed by atoms with Crippen LogP contribution in [0.4, 0.5) is 0 Å². The molecule has 1 saturated heterocycles. The lowest BCUT2D eigenvalue weighted by molar-refractivity contribution is 0.0896. The molecular formula is C18H20BrNO. The van der Waals surface area contributed by atoms with Crippen LogP contribution < -0.4 is 4.74 Å². The topological polar surface area (TPSA) is 12.5 Å².